The predicted octanol–water partition coefficient (Wildman–Crippen LogP) is 4.17. The first-order valence-corrected chi connectivity index (χ1v) is 9.63. The smallest absolute Gasteiger partial charge is 0.451 e. The Balaban J connectivity index is 2.91. The molecule has 0 amide bonds. The van der Waals surface area contributed by atoms with Gasteiger partial charge < -0.3 is 4.74 Å². The van der Waals surface area contributed by atoms with Crippen molar-refractivity contribution in [1.82, 2.24) is 0 Å². The maximum Gasteiger partial charge on any atom is 0.490 e. The predicted molar refractivity (Wildman–Crippen MR) is 69.5 cm³/mol. The molecule has 0 aliphatic heterocycles. The maximum atomic E-state index is 12.3. The van der Waals surface area contributed by atoms with Crippen LogP contribution in [0.5, 0.6) is 0 Å². The molecule has 1 aromatic rings. The molecule has 19 heavy (non-hydrogen) atoms. The molecule has 0 aromatic heterocycles. The number of esters is 1. The summed E-state index contributed by atoms with van der Waals surface area (Å²) in [6, 6.07) is 9.00. The van der Waals surface area contributed by atoms with E-state index in [9.17, 15) is 18.0 Å². The van der Waals surface area contributed by atoms with Gasteiger partial charge in [0.2, 0.25) is 0 Å². The second-order valence-corrected chi connectivity index (χ2v) is 11.1. The first-order valence-electron chi connectivity index (χ1n) is 5.92. The number of halogens is 3. The van der Waals surface area contributed by atoms with E-state index in [1.807, 2.05) is 19.6 Å². The lowest BCUT2D eigenvalue weighted by atomic mass is 10.1. The molecule has 0 aliphatic carbocycles. The van der Waals surface area contributed by atoms with E-state index in [0.29, 0.717) is 11.6 Å². The van der Waals surface area contributed by atoms with Gasteiger partial charge >= 0.3 is 12.1 Å². The van der Waals surface area contributed by atoms with Gasteiger partial charge in [0.05, 0.1) is 0 Å². The lowest BCUT2D eigenvalue weighted by Crippen LogP contribution is -2.31. The summed E-state index contributed by atoms with van der Waals surface area (Å²) in [4.78, 5) is 11.0. The monoisotopic (exact) mass is 290 g/mol. The first-order chi connectivity index (χ1) is 8.59. The average Bonchev–Trinajstić information content (AvgIpc) is 2.26. The highest BCUT2D eigenvalue weighted by atomic mass is 28.3. The van der Waals surface area contributed by atoms with Gasteiger partial charge in [-0.1, -0.05) is 50.0 Å². The molecule has 2 nitrogen and oxygen atoms in total. The molecular weight excluding hydrogens is 273 g/mol. The molecular formula is C13H17F3O2Si. The van der Waals surface area contributed by atoms with Crippen molar-refractivity contribution in [2.45, 2.75) is 38.0 Å². The third-order valence-corrected chi connectivity index (χ3v) is 4.05. The van der Waals surface area contributed by atoms with Gasteiger partial charge in [0.15, 0.2) is 0 Å². The van der Waals surface area contributed by atoms with Crippen LogP contribution in [0.4, 0.5) is 13.2 Å². The van der Waals surface area contributed by atoms with Crippen molar-refractivity contribution in [3.8, 4) is 0 Å². The molecule has 0 radical (unpaired) electrons. The lowest BCUT2D eigenvalue weighted by Gasteiger charge is -2.25. The van der Waals surface area contributed by atoms with E-state index in [0.717, 1.165) is 0 Å². The molecule has 6 heteroatoms. The summed E-state index contributed by atoms with van der Waals surface area (Å²) >= 11 is 0. The number of alkyl halides is 3. The van der Waals surface area contributed by atoms with Crippen molar-refractivity contribution in [2.24, 2.45) is 0 Å². The molecule has 0 N–H and O–H groups in total. The third-order valence-electron chi connectivity index (χ3n) is 2.45. The fourth-order valence-electron chi connectivity index (χ4n) is 1.65. The highest BCUT2D eigenvalue weighted by Gasteiger charge is 2.43. The van der Waals surface area contributed by atoms with E-state index in [-0.39, 0.29) is 0 Å². The number of carbonyl (C=O) groups is 1. The van der Waals surface area contributed by atoms with Crippen molar-refractivity contribution < 1.29 is 22.7 Å². The fourth-order valence-corrected chi connectivity index (χ4v) is 3.08. The van der Waals surface area contributed by atoms with Gasteiger partial charge in [-0.3, -0.25) is 0 Å². The normalized spacial score (nSPS) is 14.0. The Bertz CT molecular complexity index is 424. The minimum absolute atomic E-state index is 0.457. The van der Waals surface area contributed by atoms with Gasteiger partial charge in [-0.2, -0.15) is 13.2 Å². The van der Waals surface area contributed by atoms with Gasteiger partial charge in [0, 0.05) is 8.07 Å². The molecule has 1 atom stereocenters. The molecule has 0 bridgehead atoms. The summed E-state index contributed by atoms with van der Waals surface area (Å²) in [7, 11) is -1.67. The number of hydrogen-bond acceptors (Lipinski definition) is 2. The van der Waals surface area contributed by atoms with Crippen LogP contribution in [0.1, 0.15) is 11.7 Å². The topological polar surface area (TPSA) is 26.3 Å². The van der Waals surface area contributed by atoms with Crippen LogP contribution < -0.4 is 0 Å². The van der Waals surface area contributed by atoms with Crippen LogP contribution in [-0.2, 0) is 9.53 Å². The molecule has 1 unspecified atom stereocenters. The molecule has 0 heterocycles. The Hall–Kier alpha value is -1.30. The third kappa shape index (κ3) is 5.46. The zero-order valence-corrected chi connectivity index (χ0v) is 12.1. The minimum Gasteiger partial charge on any atom is -0.451 e. The maximum absolute atomic E-state index is 12.3. The van der Waals surface area contributed by atoms with E-state index in [1.165, 1.54) is 0 Å². The van der Waals surface area contributed by atoms with Crippen LogP contribution in [-0.4, -0.2) is 20.2 Å². The molecule has 1 rings (SSSR count). The standard InChI is InChI=1S/C13H17F3O2Si/c1-19(2,3)9-11(10-7-5-4-6-8-10)18-12(17)13(14,15)16/h4-8,11H,9H2,1-3H3. The molecule has 106 valence electrons. The zero-order chi connectivity index (χ0) is 14.7. The summed E-state index contributed by atoms with van der Waals surface area (Å²) in [5, 5.41) is 0. The van der Waals surface area contributed by atoms with Crippen molar-refractivity contribution in [3.63, 3.8) is 0 Å². The summed E-state index contributed by atoms with van der Waals surface area (Å²) in [6.07, 6.45) is -5.78. The zero-order valence-electron chi connectivity index (χ0n) is 11.1. The number of benzene rings is 1. The van der Waals surface area contributed by atoms with E-state index >= 15 is 0 Å². The molecule has 1 aromatic carbocycles. The summed E-state index contributed by atoms with van der Waals surface area (Å²) < 4.78 is 41.5. The van der Waals surface area contributed by atoms with Crippen LogP contribution in [0.3, 0.4) is 0 Å². The Morgan fingerprint density at radius 2 is 1.74 bits per heavy atom. The van der Waals surface area contributed by atoms with E-state index in [1.54, 1.807) is 30.3 Å². The Labute approximate surface area is 111 Å². The van der Waals surface area contributed by atoms with E-state index < -0.39 is 26.3 Å². The van der Waals surface area contributed by atoms with Crippen molar-refractivity contribution in [2.75, 3.05) is 0 Å². The van der Waals surface area contributed by atoms with Gasteiger partial charge in [-0.05, 0) is 11.6 Å². The number of rotatable bonds is 4. The number of ether oxygens (including phenoxy) is 1. The number of carbonyl (C=O) groups excluding carboxylic acids is 1. The lowest BCUT2D eigenvalue weighted by molar-refractivity contribution is -0.204. The highest BCUT2D eigenvalue weighted by molar-refractivity contribution is 6.76. The second-order valence-electron chi connectivity index (χ2n) is 5.57. The van der Waals surface area contributed by atoms with Crippen LogP contribution in [0.2, 0.25) is 25.7 Å². The quantitative estimate of drug-likeness (QED) is 0.614. The van der Waals surface area contributed by atoms with Crippen LogP contribution >= 0.6 is 0 Å². The fraction of sp³-hybridized carbons (Fsp3) is 0.462. The Morgan fingerprint density at radius 3 is 2.16 bits per heavy atom. The molecule has 0 saturated carbocycles. The summed E-state index contributed by atoms with van der Waals surface area (Å²) in [5.41, 5.74) is 0.600. The average molecular weight is 290 g/mol. The first kappa shape index (κ1) is 15.8. The highest BCUT2D eigenvalue weighted by Crippen LogP contribution is 2.30. The minimum atomic E-state index is -4.95. The van der Waals surface area contributed by atoms with Gasteiger partial charge in [0.1, 0.15) is 6.10 Å². The molecule has 0 saturated heterocycles. The molecule has 0 spiro atoms. The van der Waals surface area contributed by atoms with Crippen LogP contribution in [0.25, 0.3) is 0 Å². The van der Waals surface area contributed by atoms with E-state index in [2.05, 4.69) is 4.74 Å². The van der Waals surface area contributed by atoms with Crippen LogP contribution in [0.15, 0.2) is 30.3 Å². The SMILES string of the molecule is C[Si](C)(C)CC(OC(=O)C(F)(F)F)c1ccccc1. The summed E-state index contributed by atoms with van der Waals surface area (Å²) in [6.45, 7) is 6.05. The van der Waals surface area contributed by atoms with Crippen LogP contribution in [0, 0.1) is 0 Å². The Kier molecular flexibility index (Phi) is 4.79. The largest absolute Gasteiger partial charge is 0.490 e. The van der Waals surface area contributed by atoms with Gasteiger partial charge in [0.25, 0.3) is 0 Å². The second kappa shape index (κ2) is 5.77. The van der Waals surface area contributed by atoms with E-state index in [4.69, 9.17) is 0 Å². The van der Waals surface area contributed by atoms with Crippen molar-refractivity contribution in [1.29, 1.82) is 0 Å². The summed E-state index contributed by atoms with van der Waals surface area (Å²) in [5.74, 6) is -2.13. The molecule has 0 fully saturated rings. The van der Waals surface area contributed by atoms with Crippen molar-refractivity contribution >= 4 is 14.0 Å². The van der Waals surface area contributed by atoms with Gasteiger partial charge in [-0.15, -0.1) is 0 Å². The number of hydrogen-bond donors (Lipinski definition) is 0. The molecule has 0 aliphatic rings. The van der Waals surface area contributed by atoms with Gasteiger partial charge in [-0.25, -0.2) is 4.79 Å². The van der Waals surface area contributed by atoms with Crippen molar-refractivity contribution in [3.05, 3.63) is 35.9 Å². The Morgan fingerprint density at radius 1 is 1.21 bits per heavy atom.